The SMILES string of the molecule is CC(=O)N1CCN(C(=O)Cc2ccccn2)[C@H](CN2CCCC2)C1.Cl. The summed E-state index contributed by atoms with van der Waals surface area (Å²) in [5, 5.41) is 0. The molecule has 2 amide bonds. The van der Waals surface area contributed by atoms with Crippen LogP contribution in [0.2, 0.25) is 0 Å². The normalized spacial score (nSPS) is 21.1. The molecule has 2 aliphatic rings. The van der Waals surface area contributed by atoms with Crippen molar-refractivity contribution >= 4 is 24.2 Å². The van der Waals surface area contributed by atoms with Gasteiger partial charge in [0.1, 0.15) is 0 Å². The fraction of sp³-hybridized carbons (Fsp3) is 0.611. The molecule has 1 aromatic heterocycles. The first-order chi connectivity index (χ1) is 11.6. The Morgan fingerprint density at radius 1 is 1.16 bits per heavy atom. The van der Waals surface area contributed by atoms with Crippen LogP contribution in [-0.2, 0) is 16.0 Å². The standard InChI is InChI=1S/C18H26N4O2.ClH/c1-15(23)21-10-11-22(17(14-21)13-20-8-4-5-9-20)18(24)12-16-6-2-3-7-19-16;/h2-3,6-7,17H,4-5,8-14H2,1H3;1H/t17-;/m1./s1. The number of carbonyl (C=O) groups is 2. The average Bonchev–Trinajstić information content (AvgIpc) is 3.08. The van der Waals surface area contributed by atoms with Crippen molar-refractivity contribution in [3.05, 3.63) is 30.1 Å². The molecule has 3 heterocycles. The molecule has 0 radical (unpaired) electrons. The number of pyridine rings is 1. The maximum Gasteiger partial charge on any atom is 0.229 e. The van der Waals surface area contributed by atoms with Crippen molar-refractivity contribution in [2.75, 3.05) is 39.3 Å². The molecule has 138 valence electrons. The molecule has 0 N–H and O–H groups in total. The summed E-state index contributed by atoms with van der Waals surface area (Å²) < 4.78 is 0. The second-order valence-corrected chi connectivity index (χ2v) is 6.71. The number of rotatable bonds is 4. The van der Waals surface area contributed by atoms with Gasteiger partial charge in [-0.2, -0.15) is 0 Å². The maximum atomic E-state index is 12.8. The van der Waals surface area contributed by atoms with Gasteiger partial charge >= 0.3 is 0 Å². The van der Waals surface area contributed by atoms with E-state index in [4.69, 9.17) is 0 Å². The van der Waals surface area contributed by atoms with Crippen LogP contribution in [0.5, 0.6) is 0 Å². The summed E-state index contributed by atoms with van der Waals surface area (Å²) in [7, 11) is 0. The zero-order chi connectivity index (χ0) is 16.9. The average molecular weight is 367 g/mol. The fourth-order valence-corrected chi connectivity index (χ4v) is 3.65. The fourth-order valence-electron chi connectivity index (χ4n) is 3.65. The molecule has 1 aromatic rings. The van der Waals surface area contributed by atoms with Crippen LogP contribution in [0.4, 0.5) is 0 Å². The molecular weight excluding hydrogens is 340 g/mol. The van der Waals surface area contributed by atoms with E-state index >= 15 is 0 Å². The van der Waals surface area contributed by atoms with E-state index in [0.717, 1.165) is 25.3 Å². The van der Waals surface area contributed by atoms with E-state index in [1.807, 2.05) is 28.0 Å². The Morgan fingerprint density at radius 2 is 1.92 bits per heavy atom. The van der Waals surface area contributed by atoms with E-state index in [0.29, 0.717) is 26.1 Å². The Bertz CT molecular complexity index is 578. The van der Waals surface area contributed by atoms with Crippen LogP contribution in [0.25, 0.3) is 0 Å². The summed E-state index contributed by atoms with van der Waals surface area (Å²) in [5.41, 5.74) is 0.802. The summed E-state index contributed by atoms with van der Waals surface area (Å²) in [4.78, 5) is 35.0. The molecule has 25 heavy (non-hydrogen) atoms. The number of piperazine rings is 1. The van der Waals surface area contributed by atoms with Crippen LogP contribution in [0, 0.1) is 0 Å². The molecular formula is C18H27ClN4O2. The number of hydrogen-bond acceptors (Lipinski definition) is 4. The summed E-state index contributed by atoms with van der Waals surface area (Å²) in [6, 6.07) is 5.73. The molecule has 7 heteroatoms. The lowest BCUT2D eigenvalue weighted by atomic mass is 10.1. The summed E-state index contributed by atoms with van der Waals surface area (Å²) in [5.74, 6) is 0.208. The van der Waals surface area contributed by atoms with Crippen molar-refractivity contribution in [1.82, 2.24) is 19.7 Å². The molecule has 3 rings (SSSR count). The first kappa shape index (κ1) is 19.7. The van der Waals surface area contributed by atoms with E-state index in [1.165, 1.54) is 12.8 Å². The van der Waals surface area contributed by atoms with Crippen molar-refractivity contribution in [2.24, 2.45) is 0 Å². The minimum Gasteiger partial charge on any atom is -0.339 e. The predicted octanol–water partition coefficient (Wildman–Crippen LogP) is 1.20. The Balaban J connectivity index is 0.00000225. The number of hydrogen-bond donors (Lipinski definition) is 0. The smallest absolute Gasteiger partial charge is 0.229 e. The number of aromatic nitrogens is 1. The van der Waals surface area contributed by atoms with Crippen LogP contribution in [0.1, 0.15) is 25.5 Å². The van der Waals surface area contributed by atoms with Crippen LogP contribution < -0.4 is 0 Å². The number of halogens is 1. The Morgan fingerprint density at radius 3 is 2.56 bits per heavy atom. The lowest BCUT2D eigenvalue weighted by molar-refractivity contribution is -0.142. The van der Waals surface area contributed by atoms with Crippen molar-refractivity contribution in [3.63, 3.8) is 0 Å². The zero-order valence-corrected chi connectivity index (χ0v) is 15.6. The van der Waals surface area contributed by atoms with Crippen molar-refractivity contribution < 1.29 is 9.59 Å². The quantitative estimate of drug-likeness (QED) is 0.803. The van der Waals surface area contributed by atoms with Gasteiger partial charge in [-0.25, -0.2) is 0 Å². The lowest BCUT2D eigenvalue weighted by Crippen LogP contribution is -2.59. The molecule has 1 atom stereocenters. The second-order valence-electron chi connectivity index (χ2n) is 6.71. The highest BCUT2D eigenvalue weighted by molar-refractivity contribution is 5.85. The molecule has 0 bridgehead atoms. The van der Waals surface area contributed by atoms with Crippen LogP contribution >= 0.6 is 12.4 Å². The third kappa shape index (κ3) is 5.16. The van der Waals surface area contributed by atoms with Crippen LogP contribution in [0.3, 0.4) is 0 Å². The maximum absolute atomic E-state index is 12.8. The van der Waals surface area contributed by atoms with Gasteiger partial charge in [0.15, 0.2) is 0 Å². The molecule has 2 aliphatic heterocycles. The molecule has 0 saturated carbocycles. The highest BCUT2D eigenvalue weighted by Crippen LogP contribution is 2.16. The molecule has 2 fully saturated rings. The van der Waals surface area contributed by atoms with Gasteiger partial charge in [-0.3, -0.25) is 14.6 Å². The highest BCUT2D eigenvalue weighted by atomic mass is 35.5. The third-order valence-electron chi connectivity index (χ3n) is 4.97. The summed E-state index contributed by atoms with van der Waals surface area (Å²) in [6.07, 6.45) is 4.51. The van der Waals surface area contributed by atoms with E-state index in [1.54, 1.807) is 13.1 Å². The molecule has 6 nitrogen and oxygen atoms in total. The van der Waals surface area contributed by atoms with Crippen LogP contribution in [0.15, 0.2) is 24.4 Å². The van der Waals surface area contributed by atoms with Gasteiger partial charge in [-0.15, -0.1) is 12.4 Å². The number of likely N-dealkylation sites (tertiary alicyclic amines) is 1. The van der Waals surface area contributed by atoms with Gasteiger partial charge in [0.2, 0.25) is 11.8 Å². The van der Waals surface area contributed by atoms with Gasteiger partial charge in [-0.1, -0.05) is 6.07 Å². The highest BCUT2D eigenvalue weighted by Gasteiger charge is 2.33. The topological polar surface area (TPSA) is 56.8 Å². The lowest BCUT2D eigenvalue weighted by Gasteiger charge is -2.42. The first-order valence-electron chi connectivity index (χ1n) is 8.81. The molecule has 2 saturated heterocycles. The second kappa shape index (κ2) is 9.15. The minimum atomic E-state index is 0. The third-order valence-corrected chi connectivity index (χ3v) is 4.97. The Hall–Kier alpha value is -1.66. The van der Waals surface area contributed by atoms with Crippen molar-refractivity contribution in [1.29, 1.82) is 0 Å². The summed E-state index contributed by atoms with van der Waals surface area (Å²) in [6.45, 7) is 6.54. The number of nitrogens with zero attached hydrogens (tertiary/aromatic N) is 4. The van der Waals surface area contributed by atoms with Crippen molar-refractivity contribution in [3.8, 4) is 0 Å². The van der Waals surface area contributed by atoms with E-state index in [-0.39, 0.29) is 30.3 Å². The van der Waals surface area contributed by atoms with E-state index in [9.17, 15) is 9.59 Å². The minimum absolute atomic E-state index is 0. The van der Waals surface area contributed by atoms with Crippen LogP contribution in [-0.4, -0.2) is 76.8 Å². The van der Waals surface area contributed by atoms with E-state index < -0.39 is 0 Å². The molecule has 0 spiro atoms. The number of carbonyl (C=O) groups excluding carboxylic acids is 2. The first-order valence-corrected chi connectivity index (χ1v) is 8.81. The Kier molecular flexibility index (Phi) is 7.20. The molecule has 0 aromatic carbocycles. The van der Waals surface area contributed by atoms with E-state index in [2.05, 4.69) is 9.88 Å². The molecule has 0 unspecified atom stereocenters. The van der Waals surface area contributed by atoms with Gasteiger partial charge in [-0.05, 0) is 38.1 Å². The van der Waals surface area contributed by atoms with Crippen molar-refractivity contribution in [2.45, 2.75) is 32.2 Å². The van der Waals surface area contributed by atoms with Gasteiger partial charge in [0.25, 0.3) is 0 Å². The van der Waals surface area contributed by atoms with Gasteiger partial charge < -0.3 is 14.7 Å². The Labute approximate surface area is 155 Å². The largest absolute Gasteiger partial charge is 0.339 e. The zero-order valence-electron chi connectivity index (χ0n) is 14.8. The monoisotopic (exact) mass is 366 g/mol. The molecule has 0 aliphatic carbocycles. The van der Waals surface area contributed by atoms with Gasteiger partial charge in [0.05, 0.1) is 12.5 Å². The predicted molar refractivity (Wildman–Crippen MR) is 98.6 cm³/mol. The van der Waals surface area contributed by atoms with Gasteiger partial charge in [0, 0.05) is 45.0 Å². The summed E-state index contributed by atoms with van der Waals surface area (Å²) >= 11 is 0. The number of amides is 2.